The van der Waals surface area contributed by atoms with E-state index in [0.717, 1.165) is 30.0 Å². The average molecular weight is 284 g/mol. The molecule has 2 aromatic rings. The fraction of sp³-hybridized carbons (Fsp3) is 0.438. The van der Waals surface area contributed by atoms with Crippen LogP contribution in [0.25, 0.3) is 17.0 Å². The van der Waals surface area contributed by atoms with Crippen molar-refractivity contribution in [2.75, 3.05) is 18.0 Å². The zero-order valence-corrected chi connectivity index (χ0v) is 12.5. The van der Waals surface area contributed by atoms with E-state index >= 15 is 0 Å². The molecule has 2 aromatic heterocycles. The summed E-state index contributed by atoms with van der Waals surface area (Å²) in [5, 5.41) is 4.02. The molecular formula is C16H20N4O. The molecule has 0 spiro atoms. The maximum absolute atomic E-state index is 5.25. The molecule has 0 unspecified atom stereocenters. The number of anilines is 1. The first-order valence-electron chi connectivity index (χ1n) is 7.46. The Kier molecular flexibility index (Phi) is 3.99. The van der Waals surface area contributed by atoms with Gasteiger partial charge in [-0.3, -0.25) is 0 Å². The van der Waals surface area contributed by atoms with Gasteiger partial charge in [0.25, 0.3) is 5.89 Å². The Hall–Kier alpha value is -2.17. The minimum Gasteiger partial charge on any atom is -0.357 e. The number of rotatable bonds is 3. The Morgan fingerprint density at radius 1 is 1.24 bits per heavy atom. The van der Waals surface area contributed by atoms with Gasteiger partial charge in [-0.25, -0.2) is 4.98 Å². The Morgan fingerprint density at radius 3 is 2.71 bits per heavy atom. The third-order valence-corrected chi connectivity index (χ3v) is 3.88. The predicted molar refractivity (Wildman–Crippen MR) is 82.9 cm³/mol. The minimum atomic E-state index is 0.563. The fourth-order valence-corrected chi connectivity index (χ4v) is 2.45. The first-order valence-corrected chi connectivity index (χ1v) is 7.46. The molecule has 1 aliphatic rings. The van der Waals surface area contributed by atoms with Crippen LogP contribution in [0.5, 0.6) is 0 Å². The van der Waals surface area contributed by atoms with Gasteiger partial charge in [-0.05, 0) is 45.2 Å². The van der Waals surface area contributed by atoms with Gasteiger partial charge in [0.2, 0.25) is 5.82 Å². The molecule has 1 saturated heterocycles. The van der Waals surface area contributed by atoms with Crippen LogP contribution in [-0.2, 0) is 0 Å². The van der Waals surface area contributed by atoms with Gasteiger partial charge in [0.05, 0.1) is 0 Å². The lowest BCUT2D eigenvalue weighted by atomic mass is 10.1. The summed E-state index contributed by atoms with van der Waals surface area (Å²) < 4.78 is 5.25. The van der Waals surface area contributed by atoms with E-state index in [9.17, 15) is 0 Å². The molecule has 0 N–H and O–H groups in total. The average Bonchev–Trinajstić information content (AvgIpc) is 3.05. The van der Waals surface area contributed by atoms with Crippen LogP contribution in [0.15, 0.2) is 28.9 Å². The minimum absolute atomic E-state index is 0.563. The standard InChI is InChI=1S/C16H20N4O/c1-3-12(2)16-18-15(19-21-16)13-7-8-14(17-11-13)20-9-5-4-6-10-20/h3,7-8,11H,4-6,9-10H2,1-2H3. The second-order valence-corrected chi connectivity index (χ2v) is 5.35. The highest BCUT2D eigenvalue weighted by atomic mass is 16.5. The number of piperidine rings is 1. The van der Waals surface area contributed by atoms with Crippen LogP contribution >= 0.6 is 0 Å². The third kappa shape index (κ3) is 2.96. The van der Waals surface area contributed by atoms with E-state index in [2.05, 4.69) is 20.0 Å². The Labute approximate surface area is 124 Å². The van der Waals surface area contributed by atoms with Crippen molar-refractivity contribution in [2.24, 2.45) is 0 Å². The van der Waals surface area contributed by atoms with E-state index < -0.39 is 0 Å². The molecule has 110 valence electrons. The number of hydrogen-bond donors (Lipinski definition) is 0. The summed E-state index contributed by atoms with van der Waals surface area (Å²) >= 11 is 0. The Bertz CT molecular complexity index is 624. The lowest BCUT2D eigenvalue weighted by Crippen LogP contribution is -2.29. The van der Waals surface area contributed by atoms with Crippen LogP contribution in [0.1, 0.15) is 39.0 Å². The Morgan fingerprint density at radius 2 is 2.05 bits per heavy atom. The van der Waals surface area contributed by atoms with Crippen LogP contribution in [0, 0.1) is 0 Å². The molecule has 21 heavy (non-hydrogen) atoms. The molecule has 0 saturated carbocycles. The summed E-state index contributed by atoms with van der Waals surface area (Å²) in [7, 11) is 0. The smallest absolute Gasteiger partial charge is 0.253 e. The number of allylic oxidation sites excluding steroid dienone is 2. The first kappa shape index (κ1) is 13.8. The quantitative estimate of drug-likeness (QED) is 0.862. The SMILES string of the molecule is CC=C(C)c1nc(-c2ccc(N3CCCCC3)nc2)no1. The highest BCUT2D eigenvalue weighted by Crippen LogP contribution is 2.22. The molecule has 3 heterocycles. The van der Waals surface area contributed by atoms with E-state index in [1.54, 1.807) is 0 Å². The van der Waals surface area contributed by atoms with Gasteiger partial charge < -0.3 is 9.42 Å². The van der Waals surface area contributed by atoms with Gasteiger partial charge in [0.1, 0.15) is 5.82 Å². The van der Waals surface area contributed by atoms with Crippen LogP contribution in [0.4, 0.5) is 5.82 Å². The highest BCUT2D eigenvalue weighted by Gasteiger charge is 2.14. The highest BCUT2D eigenvalue weighted by molar-refractivity contribution is 5.60. The first-order chi connectivity index (χ1) is 10.3. The molecule has 5 heteroatoms. The van der Waals surface area contributed by atoms with Crippen molar-refractivity contribution in [3.63, 3.8) is 0 Å². The maximum atomic E-state index is 5.25. The topological polar surface area (TPSA) is 55.1 Å². The van der Waals surface area contributed by atoms with Crippen LogP contribution < -0.4 is 4.90 Å². The molecule has 0 aliphatic carbocycles. The number of hydrogen-bond acceptors (Lipinski definition) is 5. The van der Waals surface area contributed by atoms with Gasteiger partial charge in [0.15, 0.2) is 0 Å². The molecule has 3 rings (SSSR count). The van der Waals surface area contributed by atoms with Crippen LogP contribution in [-0.4, -0.2) is 28.2 Å². The van der Waals surface area contributed by atoms with Crippen molar-refractivity contribution < 1.29 is 4.52 Å². The van der Waals surface area contributed by atoms with Crippen molar-refractivity contribution in [1.29, 1.82) is 0 Å². The molecule has 0 atom stereocenters. The molecule has 0 aromatic carbocycles. The molecular weight excluding hydrogens is 264 g/mol. The van der Waals surface area contributed by atoms with Crippen molar-refractivity contribution >= 4 is 11.4 Å². The summed E-state index contributed by atoms with van der Waals surface area (Å²) in [4.78, 5) is 11.3. The molecule has 5 nitrogen and oxygen atoms in total. The van der Waals surface area contributed by atoms with E-state index in [1.807, 2.05) is 38.3 Å². The molecule has 0 radical (unpaired) electrons. The monoisotopic (exact) mass is 284 g/mol. The molecule has 0 bridgehead atoms. The van der Waals surface area contributed by atoms with Crippen molar-refractivity contribution in [2.45, 2.75) is 33.1 Å². The van der Waals surface area contributed by atoms with Gasteiger partial charge >= 0.3 is 0 Å². The zero-order chi connectivity index (χ0) is 14.7. The summed E-state index contributed by atoms with van der Waals surface area (Å²) in [6.45, 7) is 6.10. The third-order valence-electron chi connectivity index (χ3n) is 3.88. The van der Waals surface area contributed by atoms with Gasteiger partial charge in [-0.1, -0.05) is 11.2 Å². The van der Waals surface area contributed by atoms with Crippen molar-refractivity contribution in [3.8, 4) is 11.4 Å². The molecule has 0 amide bonds. The van der Waals surface area contributed by atoms with Crippen molar-refractivity contribution in [3.05, 3.63) is 30.3 Å². The summed E-state index contributed by atoms with van der Waals surface area (Å²) in [5.41, 5.74) is 1.86. The molecule has 1 fully saturated rings. The van der Waals surface area contributed by atoms with Crippen molar-refractivity contribution in [1.82, 2.24) is 15.1 Å². The van der Waals surface area contributed by atoms with E-state index in [4.69, 9.17) is 4.52 Å². The Balaban J connectivity index is 1.78. The van der Waals surface area contributed by atoms with Gasteiger partial charge in [0, 0.05) is 30.4 Å². The van der Waals surface area contributed by atoms with E-state index in [0.29, 0.717) is 11.7 Å². The molecule has 1 aliphatic heterocycles. The second-order valence-electron chi connectivity index (χ2n) is 5.35. The fourth-order valence-electron chi connectivity index (χ4n) is 2.45. The summed E-state index contributed by atoms with van der Waals surface area (Å²) in [6, 6.07) is 4.05. The zero-order valence-electron chi connectivity index (χ0n) is 12.5. The van der Waals surface area contributed by atoms with E-state index in [1.165, 1.54) is 19.3 Å². The number of nitrogens with zero attached hydrogens (tertiary/aromatic N) is 4. The lowest BCUT2D eigenvalue weighted by molar-refractivity contribution is 0.408. The van der Waals surface area contributed by atoms with E-state index in [-0.39, 0.29) is 0 Å². The van der Waals surface area contributed by atoms with Crippen LogP contribution in [0.3, 0.4) is 0 Å². The largest absolute Gasteiger partial charge is 0.357 e. The predicted octanol–water partition coefficient (Wildman–Crippen LogP) is 3.55. The number of pyridine rings is 1. The summed E-state index contributed by atoms with van der Waals surface area (Å²) in [5.74, 6) is 2.18. The maximum Gasteiger partial charge on any atom is 0.253 e. The summed E-state index contributed by atoms with van der Waals surface area (Å²) in [6.07, 6.45) is 7.60. The normalized spacial score (nSPS) is 16.3. The van der Waals surface area contributed by atoms with Gasteiger partial charge in [-0.15, -0.1) is 0 Å². The number of aromatic nitrogens is 3. The van der Waals surface area contributed by atoms with Crippen LogP contribution in [0.2, 0.25) is 0 Å². The van der Waals surface area contributed by atoms with Gasteiger partial charge in [-0.2, -0.15) is 4.98 Å². The second kappa shape index (κ2) is 6.08. The lowest BCUT2D eigenvalue weighted by Gasteiger charge is -2.27.